The molecule has 3 rings (SSSR count). The molecule has 0 aromatic heterocycles. The second kappa shape index (κ2) is 11.9. The quantitative estimate of drug-likeness (QED) is 0.221. The molecule has 0 spiro atoms. The summed E-state index contributed by atoms with van der Waals surface area (Å²) in [6.07, 6.45) is 5.60. The van der Waals surface area contributed by atoms with Gasteiger partial charge in [-0.2, -0.15) is 0 Å². The molecule has 0 amide bonds. The molecule has 1 saturated carbocycles. The van der Waals surface area contributed by atoms with Gasteiger partial charge in [-0.15, -0.1) is 24.0 Å². The van der Waals surface area contributed by atoms with Crippen LogP contribution in [0.15, 0.2) is 29.3 Å². The topological polar surface area (TPSA) is 54.9 Å². The number of halogens is 2. The molecule has 5 nitrogen and oxygen atoms in total. The van der Waals surface area contributed by atoms with E-state index in [0.717, 1.165) is 69.9 Å². The van der Waals surface area contributed by atoms with E-state index < -0.39 is 0 Å². The molecule has 1 saturated heterocycles. The summed E-state index contributed by atoms with van der Waals surface area (Å²) in [7, 11) is 0. The number of rotatable bonds is 10. The lowest BCUT2D eigenvalue weighted by atomic mass is 9.96. The Labute approximate surface area is 184 Å². The summed E-state index contributed by atoms with van der Waals surface area (Å²) in [5, 5.41) is 6.65. The summed E-state index contributed by atoms with van der Waals surface area (Å²) >= 11 is 0. The van der Waals surface area contributed by atoms with Gasteiger partial charge in [-0.05, 0) is 56.7 Å². The van der Waals surface area contributed by atoms with Crippen LogP contribution in [0.5, 0.6) is 0 Å². The molecule has 1 aliphatic heterocycles. The van der Waals surface area contributed by atoms with Crippen LogP contribution in [0.3, 0.4) is 0 Å². The van der Waals surface area contributed by atoms with Gasteiger partial charge in [0.05, 0.1) is 19.3 Å². The van der Waals surface area contributed by atoms with Crippen molar-refractivity contribution in [3.05, 3.63) is 35.6 Å². The minimum atomic E-state index is -0.171. The zero-order chi connectivity index (χ0) is 19.0. The van der Waals surface area contributed by atoms with E-state index in [4.69, 9.17) is 14.5 Å². The fourth-order valence-corrected chi connectivity index (χ4v) is 3.45. The van der Waals surface area contributed by atoms with Crippen molar-refractivity contribution >= 4 is 29.9 Å². The number of guanidine groups is 1. The normalized spacial score (nSPS) is 20.5. The molecule has 2 aliphatic rings. The van der Waals surface area contributed by atoms with E-state index in [0.29, 0.717) is 13.2 Å². The van der Waals surface area contributed by atoms with Gasteiger partial charge in [0, 0.05) is 31.7 Å². The van der Waals surface area contributed by atoms with Crippen molar-refractivity contribution in [2.24, 2.45) is 4.99 Å². The van der Waals surface area contributed by atoms with Gasteiger partial charge in [-0.25, -0.2) is 4.39 Å². The third-order valence-electron chi connectivity index (χ3n) is 5.26. The van der Waals surface area contributed by atoms with Crippen LogP contribution < -0.4 is 10.6 Å². The number of aliphatic imine (C=N–C) groups is 1. The molecule has 1 aliphatic carbocycles. The Morgan fingerprint density at radius 1 is 1.36 bits per heavy atom. The molecule has 1 unspecified atom stereocenters. The van der Waals surface area contributed by atoms with Gasteiger partial charge in [0.1, 0.15) is 5.82 Å². The average molecular weight is 505 g/mol. The van der Waals surface area contributed by atoms with E-state index in [1.807, 2.05) is 6.07 Å². The molecule has 1 aromatic rings. The zero-order valence-corrected chi connectivity index (χ0v) is 19.0. The molecular weight excluding hydrogens is 472 g/mol. The molecule has 1 aromatic carbocycles. The number of ether oxygens (including phenoxy) is 2. The van der Waals surface area contributed by atoms with Crippen LogP contribution in [0.2, 0.25) is 0 Å². The van der Waals surface area contributed by atoms with Crippen molar-refractivity contribution in [3.63, 3.8) is 0 Å². The molecule has 2 N–H and O–H groups in total. The minimum Gasteiger partial charge on any atom is -0.379 e. The van der Waals surface area contributed by atoms with Gasteiger partial charge in [0.2, 0.25) is 0 Å². The fraction of sp³-hybridized carbons (Fsp3) is 0.667. The lowest BCUT2D eigenvalue weighted by Crippen LogP contribution is -2.38. The Balaban J connectivity index is 0.00000280. The Kier molecular flexibility index (Phi) is 9.94. The van der Waals surface area contributed by atoms with Crippen molar-refractivity contribution < 1.29 is 13.9 Å². The lowest BCUT2D eigenvalue weighted by Gasteiger charge is -2.16. The van der Waals surface area contributed by atoms with Crippen LogP contribution >= 0.6 is 24.0 Å². The predicted molar refractivity (Wildman–Crippen MR) is 121 cm³/mol. The zero-order valence-electron chi connectivity index (χ0n) is 16.7. The number of nitrogens with zero attached hydrogens (tertiary/aromatic N) is 1. The van der Waals surface area contributed by atoms with Crippen LogP contribution in [0.4, 0.5) is 4.39 Å². The summed E-state index contributed by atoms with van der Waals surface area (Å²) in [5.41, 5.74) is 1.07. The van der Waals surface area contributed by atoms with E-state index in [9.17, 15) is 4.39 Å². The van der Waals surface area contributed by atoms with E-state index in [2.05, 4.69) is 17.6 Å². The van der Waals surface area contributed by atoms with Crippen LogP contribution in [0, 0.1) is 5.82 Å². The highest BCUT2D eigenvalue weighted by Gasteiger charge is 2.44. The van der Waals surface area contributed by atoms with Crippen molar-refractivity contribution in [2.75, 3.05) is 39.5 Å². The molecule has 0 radical (unpaired) electrons. The molecule has 2 fully saturated rings. The van der Waals surface area contributed by atoms with Crippen LogP contribution in [0.25, 0.3) is 0 Å². The summed E-state index contributed by atoms with van der Waals surface area (Å²) in [6.45, 7) is 6.65. The van der Waals surface area contributed by atoms with Crippen molar-refractivity contribution in [1.82, 2.24) is 10.6 Å². The van der Waals surface area contributed by atoms with Gasteiger partial charge in [0.15, 0.2) is 5.96 Å². The highest BCUT2D eigenvalue weighted by molar-refractivity contribution is 14.0. The largest absolute Gasteiger partial charge is 0.379 e. The third kappa shape index (κ3) is 7.15. The van der Waals surface area contributed by atoms with Crippen molar-refractivity contribution in [3.8, 4) is 0 Å². The molecule has 1 atom stereocenters. The molecule has 7 heteroatoms. The van der Waals surface area contributed by atoms with E-state index >= 15 is 0 Å². The standard InChI is InChI=1S/C21H32FN3O2.HI/c1-2-23-20(24-11-5-12-26-15-19-8-4-13-27-19)25-16-21(9-10-21)17-6-3-7-18(22)14-17;/h3,6-7,14,19H,2,4-5,8-13,15-16H2,1H3,(H2,23,24,25);1H. The monoisotopic (exact) mass is 505 g/mol. The molecule has 28 heavy (non-hydrogen) atoms. The number of hydrogen-bond donors (Lipinski definition) is 2. The Morgan fingerprint density at radius 2 is 2.21 bits per heavy atom. The predicted octanol–water partition coefficient (Wildman–Crippen LogP) is 3.62. The summed E-state index contributed by atoms with van der Waals surface area (Å²) in [6, 6.07) is 6.94. The first-order chi connectivity index (χ1) is 13.2. The molecule has 158 valence electrons. The van der Waals surface area contributed by atoms with Crippen molar-refractivity contribution in [1.29, 1.82) is 0 Å². The third-order valence-corrected chi connectivity index (χ3v) is 5.26. The highest BCUT2D eigenvalue weighted by atomic mass is 127. The molecular formula is C21H33FIN3O2. The second-order valence-corrected chi connectivity index (χ2v) is 7.48. The van der Waals surface area contributed by atoms with Gasteiger partial charge in [0.25, 0.3) is 0 Å². The maximum Gasteiger partial charge on any atom is 0.191 e. The average Bonchev–Trinajstić information content (AvgIpc) is 3.29. The number of nitrogens with one attached hydrogen (secondary N) is 2. The van der Waals surface area contributed by atoms with E-state index in [-0.39, 0.29) is 41.3 Å². The van der Waals surface area contributed by atoms with Gasteiger partial charge in [-0.1, -0.05) is 12.1 Å². The maximum atomic E-state index is 13.5. The first-order valence-electron chi connectivity index (χ1n) is 10.2. The van der Waals surface area contributed by atoms with Gasteiger partial charge in [-0.3, -0.25) is 4.99 Å². The van der Waals surface area contributed by atoms with Crippen LogP contribution in [-0.2, 0) is 14.9 Å². The fourth-order valence-electron chi connectivity index (χ4n) is 3.45. The smallest absolute Gasteiger partial charge is 0.191 e. The first-order valence-corrected chi connectivity index (χ1v) is 10.2. The number of benzene rings is 1. The first kappa shape index (κ1) is 23.3. The van der Waals surface area contributed by atoms with Crippen molar-refractivity contribution in [2.45, 2.75) is 50.5 Å². The number of hydrogen-bond acceptors (Lipinski definition) is 3. The van der Waals surface area contributed by atoms with Crippen LogP contribution in [0.1, 0.15) is 44.6 Å². The van der Waals surface area contributed by atoms with E-state index in [1.165, 1.54) is 6.07 Å². The highest BCUT2D eigenvalue weighted by Crippen LogP contribution is 2.48. The Bertz CT molecular complexity index is 619. The molecule has 0 bridgehead atoms. The van der Waals surface area contributed by atoms with Gasteiger partial charge >= 0.3 is 0 Å². The summed E-state index contributed by atoms with van der Waals surface area (Å²) < 4.78 is 24.8. The minimum absolute atomic E-state index is 0. The Hall–Kier alpha value is -0.930. The Morgan fingerprint density at radius 3 is 2.89 bits per heavy atom. The second-order valence-electron chi connectivity index (χ2n) is 7.48. The summed E-state index contributed by atoms with van der Waals surface area (Å²) in [4.78, 5) is 4.75. The summed E-state index contributed by atoms with van der Waals surface area (Å²) in [5.74, 6) is 0.648. The van der Waals surface area contributed by atoms with E-state index in [1.54, 1.807) is 12.1 Å². The lowest BCUT2D eigenvalue weighted by molar-refractivity contribution is 0.0168. The maximum absolute atomic E-state index is 13.5. The van der Waals surface area contributed by atoms with Crippen LogP contribution in [-0.4, -0.2) is 51.5 Å². The SMILES string of the molecule is CCNC(=NCC1(c2cccc(F)c2)CC1)NCCCOCC1CCCO1.I. The molecule has 1 heterocycles. The van der Waals surface area contributed by atoms with Gasteiger partial charge < -0.3 is 20.1 Å².